The van der Waals surface area contributed by atoms with E-state index in [-0.39, 0.29) is 18.2 Å². The van der Waals surface area contributed by atoms with Gasteiger partial charge in [0.1, 0.15) is 12.6 Å². The minimum Gasteiger partial charge on any atom is -0.445 e. The number of ether oxygens (including phenoxy) is 1. The molecular weight excluding hydrogens is 408 g/mol. The number of rotatable bonds is 7. The second-order valence-electron chi connectivity index (χ2n) is 6.85. The van der Waals surface area contributed by atoms with Gasteiger partial charge < -0.3 is 15.4 Å². The zero-order chi connectivity index (χ0) is 21.7. The third-order valence-corrected chi connectivity index (χ3v) is 5.18. The number of hydrogen-bond donors (Lipinski definition) is 2. The van der Waals surface area contributed by atoms with Crippen molar-refractivity contribution in [2.45, 2.75) is 26.5 Å². The van der Waals surface area contributed by atoms with Gasteiger partial charge in [-0.25, -0.2) is 9.78 Å². The molecule has 0 fully saturated rings. The van der Waals surface area contributed by atoms with Crippen LogP contribution in [0.3, 0.4) is 0 Å². The van der Waals surface area contributed by atoms with Crippen molar-refractivity contribution in [2.24, 2.45) is 5.92 Å². The summed E-state index contributed by atoms with van der Waals surface area (Å²) in [5.41, 5.74) is 1.32. The smallest absolute Gasteiger partial charge is 0.408 e. The molecule has 9 nitrogen and oxygen atoms in total. The molecule has 2 N–H and O–H groups in total. The number of carbonyl (C=O) groups excluding carboxylic acids is 2. The number of fused-ring (bicyclic) bond motifs is 1. The Morgan fingerprint density at radius 1 is 1.20 bits per heavy atom. The van der Waals surface area contributed by atoms with Gasteiger partial charge in [0.25, 0.3) is 5.69 Å². The summed E-state index contributed by atoms with van der Waals surface area (Å²) in [4.78, 5) is 39.5. The fourth-order valence-electron chi connectivity index (χ4n) is 2.69. The van der Waals surface area contributed by atoms with Gasteiger partial charge in [0, 0.05) is 12.1 Å². The first-order chi connectivity index (χ1) is 14.3. The second kappa shape index (κ2) is 9.31. The Balaban J connectivity index is 1.64. The number of hydrogen-bond acceptors (Lipinski definition) is 7. The predicted molar refractivity (Wildman–Crippen MR) is 113 cm³/mol. The van der Waals surface area contributed by atoms with E-state index in [4.69, 9.17) is 4.74 Å². The maximum absolute atomic E-state index is 12.7. The highest BCUT2D eigenvalue weighted by molar-refractivity contribution is 7.22. The molecule has 10 heteroatoms. The molecular formula is C20H20N4O5S. The molecule has 2 amide bonds. The molecule has 0 aliphatic carbocycles. The lowest BCUT2D eigenvalue weighted by Gasteiger charge is -2.20. The van der Waals surface area contributed by atoms with Gasteiger partial charge in [0.2, 0.25) is 5.91 Å². The summed E-state index contributed by atoms with van der Waals surface area (Å²) in [7, 11) is 0. The Kier molecular flexibility index (Phi) is 6.58. The van der Waals surface area contributed by atoms with E-state index in [9.17, 15) is 19.7 Å². The SMILES string of the molecule is CC(C)[C@@H](NC(=O)OCc1ccccc1)C(=O)Nc1nc2ccc([N+](=O)[O-])cc2s1. The van der Waals surface area contributed by atoms with Crippen LogP contribution in [0.2, 0.25) is 0 Å². The number of alkyl carbamates (subject to hydrolysis) is 1. The van der Waals surface area contributed by atoms with Gasteiger partial charge in [-0.05, 0) is 17.5 Å². The van der Waals surface area contributed by atoms with Crippen molar-refractivity contribution in [3.63, 3.8) is 0 Å². The summed E-state index contributed by atoms with van der Waals surface area (Å²) in [6.07, 6.45) is -0.701. The number of amides is 2. The van der Waals surface area contributed by atoms with Gasteiger partial charge in [-0.15, -0.1) is 0 Å². The van der Waals surface area contributed by atoms with E-state index >= 15 is 0 Å². The summed E-state index contributed by atoms with van der Waals surface area (Å²) >= 11 is 1.12. The number of nitro benzene ring substituents is 1. The van der Waals surface area contributed by atoms with Crippen LogP contribution in [0.1, 0.15) is 19.4 Å². The number of benzene rings is 2. The van der Waals surface area contributed by atoms with Crippen LogP contribution in [0, 0.1) is 16.0 Å². The Morgan fingerprint density at radius 2 is 1.93 bits per heavy atom. The Bertz CT molecular complexity index is 1070. The molecule has 0 bridgehead atoms. The molecule has 1 aromatic heterocycles. The van der Waals surface area contributed by atoms with E-state index in [1.807, 2.05) is 30.3 Å². The molecule has 3 aromatic rings. The van der Waals surface area contributed by atoms with Crippen LogP contribution in [-0.2, 0) is 16.1 Å². The standard InChI is InChI=1S/C20H20N4O5S/c1-12(2)17(22-20(26)29-11-13-6-4-3-5-7-13)18(25)23-19-21-15-9-8-14(24(27)28)10-16(15)30-19/h3-10,12,17H,11H2,1-2H3,(H,22,26)(H,21,23,25)/t17-/m1/s1. The summed E-state index contributed by atoms with van der Waals surface area (Å²) < 4.78 is 5.77. The quantitative estimate of drug-likeness (QED) is 0.431. The summed E-state index contributed by atoms with van der Waals surface area (Å²) in [6.45, 7) is 3.68. The minimum atomic E-state index is -0.838. The summed E-state index contributed by atoms with van der Waals surface area (Å²) in [5, 5.41) is 16.4. The average Bonchev–Trinajstić information content (AvgIpc) is 3.12. The molecule has 0 aliphatic heterocycles. The Labute approximate surface area is 176 Å². The van der Waals surface area contributed by atoms with E-state index in [0.29, 0.717) is 15.3 Å². The number of carbonyl (C=O) groups is 2. The van der Waals surface area contributed by atoms with Gasteiger partial charge in [-0.1, -0.05) is 55.5 Å². The van der Waals surface area contributed by atoms with Crippen molar-refractivity contribution in [3.05, 3.63) is 64.2 Å². The van der Waals surface area contributed by atoms with Crippen molar-refractivity contribution in [1.29, 1.82) is 0 Å². The normalized spacial score (nSPS) is 11.8. The number of anilines is 1. The largest absolute Gasteiger partial charge is 0.445 e. The highest BCUT2D eigenvalue weighted by Gasteiger charge is 2.26. The third kappa shape index (κ3) is 5.29. The van der Waals surface area contributed by atoms with Crippen LogP contribution in [0.25, 0.3) is 10.2 Å². The Morgan fingerprint density at radius 3 is 2.60 bits per heavy atom. The highest BCUT2D eigenvalue weighted by Crippen LogP contribution is 2.29. The van der Waals surface area contributed by atoms with Crippen LogP contribution in [-0.4, -0.2) is 27.9 Å². The molecule has 0 saturated heterocycles. The topological polar surface area (TPSA) is 123 Å². The predicted octanol–water partition coefficient (Wildman–Crippen LogP) is 4.09. The maximum Gasteiger partial charge on any atom is 0.408 e. The molecule has 0 aliphatic rings. The van der Waals surface area contributed by atoms with Crippen molar-refractivity contribution in [2.75, 3.05) is 5.32 Å². The lowest BCUT2D eigenvalue weighted by molar-refractivity contribution is -0.384. The van der Waals surface area contributed by atoms with Gasteiger partial charge in [-0.3, -0.25) is 14.9 Å². The molecule has 1 atom stereocenters. The van der Waals surface area contributed by atoms with E-state index in [0.717, 1.165) is 16.9 Å². The monoisotopic (exact) mass is 428 g/mol. The molecule has 0 unspecified atom stereocenters. The number of thiazole rings is 1. The number of aromatic nitrogens is 1. The second-order valence-corrected chi connectivity index (χ2v) is 7.88. The number of nitro groups is 1. The first-order valence-electron chi connectivity index (χ1n) is 9.16. The third-order valence-electron chi connectivity index (χ3n) is 4.25. The van der Waals surface area contributed by atoms with Crippen LogP contribution in [0.15, 0.2) is 48.5 Å². The van der Waals surface area contributed by atoms with Crippen molar-refractivity contribution < 1.29 is 19.2 Å². The zero-order valence-corrected chi connectivity index (χ0v) is 17.1. The van der Waals surface area contributed by atoms with Crippen LogP contribution < -0.4 is 10.6 Å². The number of nitrogens with zero attached hydrogens (tertiary/aromatic N) is 2. The first-order valence-corrected chi connectivity index (χ1v) is 9.98. The van der Waals surface area contributed by atoms with E-state index < -0.39 is 23.0 Å². The fourth-order valence-corrected chi connectivity index (χ4v) is 3.59. The fraction of sp³-hybridized carbons (Fsp3) is 0.250. The van der Waals surface area contributed by atoms with Crippen LogP contribution in [0.5, 0.6) is 0 Å². The maximum atomic E-state index is 12.7. The van der Waals surface area contributed by atoms with Gasteiger partial charge in [-0.2, -0.15) is 0 Å². The molecule has 156 valence electrons. The lowest BCUT2D eigenvalue weighted by atomic mass is 10.0. The van der Waals surface area contributed by atoms with Gasteiger partial charge >= 0.3 is 6.09 Å². The summed E-state index contributed by atoms with van der Waals surface area (Å²) in [6, 6.07) is 12.7. The average molecular weight is 428 g/mol. The molecule has 2 aromatic carbocycles. The molecule has 30 heavy (non-hydrogen) atoms. The number of nitrogens with one attached hydrogen (secondary N) is 2. The molecule has 0 spiro atoms. The first kappa shape index (κ1) is 21.2. The lowest BCUT2D eigenvalue weighted by Crippen LogP contribution is -2.47. The molecule has 0 saturated carbocycles. The molecule has 0 radical (unpaired) electrons. The molecule has 3 rings (SSSR count). The van der Waals surface area contributed by atoms with Crippen molar-refractivity contribution in [1.82, 2.24) is 10.3 Å². The highest BCUT2D eigenvalue weighted by atomic mass is 32.1. The molecule has 1 heterocycles. The van der Waals surface area contributed by atoms with Crippen molar-refractivity contribution >= 4 is 44.4 Å². The Hall–Kier alpha value is -3.53. The number of non-ortho nitro benzene ring substituents is 1. The van der Waals surface area contributed by atoms with Crippen LogP contribution >= 0.6 is 11.3 Å². The zero-order valence-electron chi connectivity index (χ0n) is 16.3. The van der Waals surface area contributed by atoms with E-state index in [1.54, 1.807) is 13.8 Å². The van der Waals surface area contributed by atoms with E-state index in [1.165, 1.54) is 18.2 Å². The van der Waals surface area contributed by atoms with Gasteiger partial charge in [0.05, 0.1) is 15.1 Å². The van der Waals surface area contributed by atoms with Crippen molar-refractivity contribution in [3.8, 4) is 0 Å². The van der Waals surface area contributed by atoms with Gasteiger partial charge in [0.15, 0.2) is 5.13 Å². The van der Waals surface area contributed by atoms with Crippen LogP contribution in [0.4, 0.5) is 15.6 Å². The minimum absolute atomic E-state index is 0.0492. The summed E-state index contributed by atoms with van der Waals surface area (Å²) in [5.74, 6) is -0.653. The van der Waals surface area contributed by atoms with E-state index in [2.05, 4.69) is 15.6 Å².